The lowest BCUT2D eigenvalue weighted by Crippen LogP contribution is -2.38. The quantitative estimate of drug-likeness (QED) is 0.208. The van der Waals surface area contributed by atoms with E-state index in [1.165, 1.54) is 0 Å². The van der Waals surface area contributed by atoms with Gasteiger partial charge in [-0.25, -0.2) is 23.0 Å². The molecule has 2 aliphatic rings. The molecule has 4 aromatic rings. The molecule has 0 unspecified atom stereocenters. The van der Waals surface area contributed by atoms with E-state index in [0.717, 1.165) is 81.1 Å². The number of nitrogens with zero attached hydrogens (tertiary/aromatic N) is 8. The number of anilines is 2. The van der Waals surface area contributed by atoms with Crippen molar-refractivity contribution in [3.63, 3.8) is 0 Å². The summed E-state index contributed by atoms with van der Waals surface area (Å²) in [5.74, 6) is -0.195. The number of rotatable bonds is 10. The molecule has 0 spiro atoms. The largest absolute Gasteiger partial charge is 0.368 e. The Bertz CT molecular complexity index is 2400. The summed E-state index contributed by atoms with van der Waals surface area (Å²) in [6.07, 6.45) is 6.01. The zero-order chi connectivity index (χ0) is 43.8. The molecule has 20 heteroatoms. The van der Waals surface area contributed by atoms with Crippen molar-refractivity contribution in [2.75, 3.05) is 81.5 Å². The number of nitrogens with one attached hydrogen (secondary N) is 2. The fourth-order valence-corrected chi connectivity index (χ4v) is 8.32. The molecule has 4 N–H and O–H groups in total. The molecule has 0 atom stereocenters. The number of halogens is 1. The van der Waals surface area contributed by atoms with Crippen LogP contribution in [-0.4, -0.2) is 120 Å². The minimum Gasteiger partial charge on any atom is -0.368 e. The highest BCUT2D eigenvalue weighted by Gasteiger charge is 2.25. The molecule has 0 bridgehead atoms. The fourth-order valence-electron chi connectivity index (χ4n) is 7.46. The van der Waals surface area contributed by atoms with E-state index in [-0.39, 0.29) is 50.2 Å². The van der Waals surface area contributed by atoms with Crippen molar-refractivity contribution in [1.82, 2.24) is 29.2 Å². The summed E-state index contributed by atoms with van der Waals surface area (Å²) in [6, 6.07) is 12.7. The summed E-state index contributed by atoms with van der Waals surface area (Å²) in [5, 5.41) is 26.1. The molecule has 2 aliphatic heterocycles. The molecule has 61 heavy (non-hydrogen) atoms. The number of benzene rings is 2. The number of sulfonamides is 1. The number of fused-ring (bicyclic) bond motifs is 2. The van der Waals surface area contributed by atoms with Crippen molar-refractivity contribution in [3.05, 3.63) is 70.0 Å². The first-order valence-corrected chi connectivity index (χ1v) is 23.2. The van der Waals surface area contributed by atoms with Crippen molar-refractivity contribution in [3.8, 4) is 12.1 Å². The molecule has 0 radical (unpaired) electrons. The van der Waals surface area contributed by atoms with Crippen LogP contribution in [0.5, 0.6) is 0 Å². The number of aromatic nitrogens is 2. The second-order valence-corrected chi connectivity index (χ2v) is 18.4. The predicted molar refractivity (Wildman–Crippen MR) is 239 cm³/mol. The van der Waals surface area contributed by atoms with Crippen molar-refractivity contribution in [1.29, 1.82) is 10.5 Å². The van der Waals surface area contributed by atoms with Gasteiger partial charge in [-0.05, 0) is 87.1 Å². The molecule has 2 amide bonds. The van der Waals surface area contributed by atoms with E-state index in [1.54, 1.807) is 22.2 Å². The topological polar surface area (TPSA) is 239 Å². The zero-order valence-electron chi connectivity index (χ0n) is 35.2. The Balaban J connectivity index is 0.000000264. The lowest BCUT2D eigenvalue weighted by atomic mass is 10.0. The molecule has 4 heterocycles. The van der Waals surface area contributed by atoms with Crippen LogP contribution in [0.3, 0.4) is 0 Å². The van der Waals surface area contributed by atoms with Crippen molar-refractivity contribution < 1.29 is 26.4 Å². The Morgan fingerprint density at radius 3 is 1.43 bits per heavy atom. The van der Waals surface area contributed by atoms with E-state index in [2.05, 4.69) is 53.5 Å². The summed E-state index contributed by atoms with van der Waals surface area (Å²) >= 11 is 0. The number of aryl methyl sites for hydroxylation is 4. The van der Waals surface area contributed by atoms with Crippen LogP contribution in [0.25, 0.3) is 21.8 Å². The van der Waals surface area contributed by atoms with Crippen LogP contribution in [0.4, 0.5) is 11.4 Å². The van der Waals surface area contributed by atoms with Crippen LogP contribution < -0.4 is 24.4 Å². The van der Waals surface area contributed by atoms with Gasteiger partial charge in [-0.2, -0.15) is 18.9 Å². The molecule has 0 saturated carbocycles. The maximum atomic E-state index is 12.5. The first-order chi connectivity index (χ1) is 28.4. The second kappa shape index (κ2) is 21.1. The van der Waals surface area contributed by atoms with E-state index in [9.17, 15) is 36.9 Å². The summed E-state index contributed by atoms with van der Waals surface area (Å²) in [7, 11) is -7.11. The van der Waals surface area contributed by atoms with Gasteiger partial charge in [0.15, 0.2) is 0 Å². The van der Waals surface area contributed by atoms with E-state index in [1.807, 2.05) is 39.8 Å². The third kappa shape index (κ3) is 12.9. The second-order valence-electron chi connectivity index (χ2n) is 15.2. The van der Waals surface area contributed by atoms with E-state index in [4.69, 9.17) is 5.14 Å². The highest BCUT2D eigenvalue weighted by molar-refractivity contribution is 7.88. The predicted octanol–water partition coefficient (Wildman–Crippen LogP) is 3.07. The van der Waals surface area contributed by atoms with Crippen LogP contribution in [0.1, 0.15) is 59.1 Å². The number of carbonyl (C=O) groups excluding carboxylic acids is 2. The molecule has 2 aromatic carbocycles. The van der Waals surface area contributed by atoms with Crippen molar-refractivity contribution >= 4 is 77.6 Å². The molecule has 0 aliphatic carbocycles. The van der Waals surface area contributed by atoms with Crippen LogP contribution >= 0.6 is 12.4 Å². The SMILES string of the molecule is Cc1cc2ncc(C#N)c(N3CCCN(C(=O)CCNS(C)(=O)=O)CC3)c2cc1C.Cc1cc2ncc(C#N)c(N3CCCN(C(=O)CCNS(N)(=O)=O)CC3)c2cc1C.Cl. The molecule has 2 saturated heterocycles. The first kappa shape index (κ1) is 48.5. The highest BCUT2D eigenvalue weighted by atomic mass is 35.5. The van der Waals surface area contributed by atoms with Crippen LogP contribution in [-0.2, 0) is 29.8 Å². The summed E-state index contributed by atoms with van der Waals surface area (Å²) < 4.78 is 48.8. The number of pyridine rings is 2. The van der Waals surface area contributed by atoms with Crippen LogP contribution in [0.2, 0.25) is 0 Å². The van der Waals surface area contributed by atoms with E-state index < -0.39 is 20.2 Å². The number of hydrogen-bond donors (Lipinski definition) is 3. The number of nitrogens with two attached hydrogens (primary N) is 1. The van der Waals surface area contributed by atoms with Crippen LogP contribution in [0.15, 0.2) is 36.7 Å². The lowest BCUT2D eigenvalue weighted by molar-refractivity contribution is -0.131. The van der Waals surface area contributed by atoms with Crippen molar-refractivity contribution in [2.24, 2.45) is 5.14 Å². The van der Waals surface area contributed by atoms with Gasteiger partial charge in [0.05, 0.1) is 39.8 Å². The van der Waals surface area contributed by atoms with Gasteiger partial charge < -0.3 is 19.6 Å². The Hall–Kier alpha value is -5.15. The van der Waals surface area contributed by atoms with Gasteiger partial charge in [0, 0.05) is 101 Å². The van der Waals surface area contributed by atoms with Gasteiger partial charge in [0.2, 0.25) is 21.8 Å². The van der Waals surface area contributed by atoms with Gasteiger partial charge >= 0.3 is 0 Å². The normalized spacial score (nSPS) is 14.9. The molecular weight excluding hydrogens is 842 g/mol. The van der Waals surface area contributed by atoms with E-state index >= 15 is 0 Å². The molecule has 2 aromatic heterocycles. The minimum absolute atomic E-state index is 0. The van der Waals surface area contributed by atoms with E-state index in [0.29, 0.717) is 56.9 Å². The average Bonchev–Trinajstić information content (AvgIpc) is 3.59. The van der Waals surface area contributed by atoms with Gasteiger partial charge in [-0.15, -0.1) is 12.4 Å². The Morgan fingerprint density at radius 2 is 1.05 bits per heavy atom. The third-order valence-electron chi connectivity index (χ3n) is 10.8. The minimum atomic E-state index is -3.80. The molecule has 6 rings (SSSR count). The molecule has 2 fully saturated rings. The molecular formula is C41H54ClN11O6S2. The summed E-state index contributed by atoms with van der Waals surface area (Å²) in [6.45, 7) is 13.1. The highest BCUT2D eigenvalue weighted by Crippen LogP contribution is 2.33. The molecule has 328 valence electrons. The summed E-state index contributed by atoms with van der Waals surface area (Å²) in [4.78, 5) is 41.7. The third-order valence-corrected chi connectivity index (χ3v) is 12.2. The monoisotopic (exact) mass is 895 g/mol. The average molecular weight is 897 g/mol. The fraction of sp³-hybridized carbons (Fsp3) is 0.463. The van der Waals surface area contributed by atoms with Gasteiger partial charge in [-0.3, -0.25) is 19.6 Å². The maximum Gasteiger partial charge on any atom is 0.274 e. The van der Waals surface area contributed by atoms with Crippen LogP contribution in [0, 0.1) is 50.4 Å². The number of carbonyl (C=O) groups is 2. The standard InChI is InChI=1S/C21H27N5O3S.C20H26N6O3S.ClH/c1-15-11-18-19(12-16(15)2)23-14-17(13-22)21(18)26-8-4-7-25(9-10-26)20(27)5-6-24-30(3,28)29;1-14-10-17-18(11-15(14)2)23-13-16(12-21)20(17)26-7-3-6-25(8-9-26)19(27)4-5-24-30(22,28)29;/h11-12,14,24H,4-10H2,1-3H3;10-11,13,24H,3-9H2,1-2H3,(H2,22,28,29);1H. The Labute approximate surface area is 364 Å². The van der Waals surface area contributed by atoms with Gasteiger partial charge in [0.1, 0.15) is 12.1 Å². The molecule has 17 nitrogen and oxygen atoms in total. The lowest BCUT2D eigenvalue weighted by Gasteiger charge is -2.26. The number of hydrogen-bond acceptors (Lipinski definition) is 12. The Morgan fingerprint density at radius 1 is 0.656 bits per heavy atom. The van der Waals surface area contributed by atoms with Crippen molar-refractivity contribution in [2.45, 2.75) is 53.4 Å². The number of nitriles is 2. The maximum absolute atomic E-state index is 12.5. The zero-order valence-corrected chi connectivity index (χ0v) is 37.6. The van der Waals surface area contributed by atoms with Gasteiger partial charge in [-0.1, -0.05) is 0 Å². The summed E-state index contributed by atoms with van der Waals surface area (Å²) in [5.41, 5.74) is 9.06. The Kier molecular flexibility index (Phi) is 16.8. The number of amides is 2. The van der Waals surface area contributed by atoms with Gasteiger partial charge in [0.25, 0.3) is 10.2 Å². The smallest absolute Gasteiger partial charge is 0.274 e. The first-order valence-electron chi connectivity index (χ1n) is 19.8.